The summed E-state index contributed by atoms with van der Waals surface area (Å²) in [6, 6.07) is 8.99. The van der Waals surface area contributed by atoms with Crippen molar-refractivity contribution in [1.29, 1.82) is 0 Å². The molecule has 0 heterocycles. The predicted octanol–water partition coefficient (Wildman–Crippen LogP) is 3.11. The lowest BCUT2D eigenvalue weighted by Crippen LogP contribution is -2.59. The number of anilines is 1. The fraction of sp³-hybridized carbons (Fsp3) is 0.500. The third-order valence-corrected chi connectivity index (χ3v) is 4.15. The summed E-state index contributed by atoms with van der Waals surface area (Å²) in [7, 11) is 0. The summed E-state index contributed by atoms with van der Waals surface area (Å²) in [5.74, 6) is -0.949. The third kappa shape index (κ3) is 3.54. The lowest BCUT2D eigenvalue weighted by Gasteiger charge is -2.40. The Labute approximate surface area is 126 Å². The van der Waals surface area contributed by atoms with Crippen LogP contribution in [0.1, 0.15) is 34.6 Å². The van der Waals surface area contributed by atoms with Crippen LogP contribution in [-0.2, 0) is 4.79 Å². The van der Waals surface area contributed by atoms with Crippen molar-refractivity contribution in [3.8, 4) is 0 Å². The minimum absolute atomic E-state index is 0.303. The van der Waals surface area contributed by atoms with Crippen molar-refractivity contribution in [3.05, 3.63) is 30.3 Å². The molecule has 0 bridgehead atoms. The van der Waals surface area contributed by atoms with Crippen LogP contribution in [0.2, 0.25) is 0 Å². The molecular formula is C16H24N2O3. The molecule has 0 saturated heterocycles. The second kappa shape index (κ2) is 6.16. The van der Waals surface area contributed by atoms with Crippen molar-refractivity contribution < 1.29 is 14.7 Å². The Hall–Kier alpha value is -2.04. The largest absolute Gasteiger partial charge is 0.481 e. The number of urea groups is 1. The van der Waals surface area contributed by atoms with Crippen LogP contribution in [-0.4, -0.2) is 29.2 Å². The zero-order chi connectivity index (χ0) is 16.3. The number of rotatable bonds is 5. The molecule has 1 rings (SSSR count). The Morgan fingerprint density at radius 2 is 1.67 bits per heavy atom. The minimum atomic E-state index is -1.08. The Morgan fingerprint density at radius 1 is 1.14 bits per heavy atom. The van der Waals surface area contributed by atoms with E-state index in [-0.39, 0.29) is 6.03 Å². The highest BCUT2D eigenvalue weighted by Crippen LogP contribution is 2.31. The molecule has 0 saturated carbocycles. The molecule has 5 heteroatoms. The Bertz CT molecular complexity index is 510. The number of carbonyl (C=O) groups excluding carboxylic acids is 1. The van der Waals surface area contributed by atoms with Gasteiger partial charge in [-0.05, 0) is 46.8 Å². The number of carbonyl (C=O) groups is 2. The van der Waals surface area contributed by atoms with Gasteiger partial charge in [0.15, 0.2) is 0 Å². The maximum atomic E-state index is 12.5. The molecular weight excluding hydrogens is 268 g/mol. The van der Waals surface area contributed by atoms with E-state index in [2.05, 4.69) is 5.32 Å². The van der Waals surface area contributed by atoms with Crippen LogP contribution in [0, 0.1) is 5.41 Å². The van der Waals surface area contributed by atoms with Gasteiger partial charge >= 0.3 is 12.0 Å². The lowest BCUT2D eigenvalue weighted by atomic mass is 9.74. The van der Waals surface area contributed by atoms with Crippen molar-refractivity contribution in [1.82, 2.24) is 5.32 Å². The fourth-order valence-electron chi connectivity index (χ4n) is 1.81. The van der Waals surface area contributed by atoms with Crippen LogP contribution in [0.4, 0.5) is 10.5 Å². The average molecular weight is 292 g/mol. The smallest absolute Gasteiger partial charge is 0.322 e. The number of aliphatic carboxylic acids is 1. The summed E-state index contributed by atoms with van der Waals surface area (Å²) in [6.07, 6.45) is 0. The molecule has 0 aliphatic rings. The van der Waals surface area contributed by atoms with Gasteiger partial charge in [0.25, 0.3) is 0 Å². The molecule has 0 radical (unpaired) electrons. The fourth-order valence-corrected chi connectivity index (χ4v) is 1.81. The maximum absolute atomic E-state index is 12.5. The molecule has 1 aromatic rings. The Kier molecular flexibility index (Phi) is 4.99. The number of amides is 2. The summed E-state index contributed by atoms with van der Waals surface area (Å²) in [5.41, 5.74) is -1.20. The summed E-state index contributed by atoms with van der Waals surface area (Å²) < 4.78 is 0. The minimum Gasteiger partial charge on any atom is -0.481 e. The standard InChI is InChI=1S/C16H24N2O3/c1-6-18(12-10-8-7-9-11-12)14(21)17-16(4,5)15(2,3)13(19)20/h7-11H,6H2,1-5H3,(H,17,21)(H,19,20). The molecule has 0 unspecified atom stereocenters. The summed E-state index contributed by atoms with van der Waals surface area (Å²) in [6.45, 7) is 9.03. The molecule has 0 aliphatic carbocycles. The van der Waals surface area contributed by atoms with Gasteiger partial charge in [-0.25, -0.2) is 4.79 Å². The van der Waals surface area contributed by atoms with Crippen LogP contribution < -0.4 is 10.2 Å². The SMILES string of the molecule is CCN(C(=O)NC(C)(C)C(C)(C)C(=O)O)c1ccccc1. The number of nitrogens with one attached hydrogen (secondary N) is 1. The van der Waals surface area contributed by atoms with Gasteiger partial charge in [0.05, 0.1) is 11.0 Å². The monoisotopic (exact) mass is 292 g/mol. The first-order valence-electron chi connectivity index (χ1n) is 7.01. The number of nitrogens with zero attached hydrogens (tertiary/aromatic N) is 1. The van der Waals surface area contributed by atoms with E-state index in [4.69, 9.17) is 0 Å². The van der Waals surface area contributed by atoms with Gasteiger partial charge in [-0.2, -0.15) is 0 Å². The number of carboxylic acids is 1. The molecule has 0 spiro atoms. The van der Waals surface area contributed by atoms with E-state index in [9.17, 15) is 14.7 Å². The first-order chi connectivity index (χ1) is 9.63. The van der Waals surface area contributed by atoms with Crippen LogP contribution in [0.25, 0.3) is 0 Å². The molecule has 1 aromatic carbocycles. The lowest BCUT2D eigenvalue weighted by molar-refractivity contribution is -0.150. The zero-order valence-corrected chi connectivity index (χ0v) is 13.3. The third-order valence-electron chi connectivity index (χ3n) is 4.15. The summed E-state index contributed by atoms with van der Waals surface area (Å²) in [5, 5.41) is 12.2. The highest BCUT2D eigenvalue weighted by Gasteiger charge is 2.45. The summed E-state index contributed by atoms with van der Waals surface area (Å²) >= 11 is 0. The van der Waals surface area contributed by atoms with Crippen molar-refractivity contribution in [2.45, 2.75) is 40.2 Å². The second-order valence-electron chi connectivity index (χ2n) is 6.07. The van der Waals surface area contributed by atoms with Gasteiger partial charge in [-0.3, -0.25) is 9.69 Å². The maximum Gasteiger partial charge on any atom is 0.322 e. The van der Waals surface area contributed by atoms with Gasteiger partial charge in [0.1, 0.15) is 0 Å². The first-order valence-corrected chi connectivity index (χ1v) is 7.01. The van der Waals surface area contributed by atoms with E-state index < -0.39 is 16.9 Å². The highest BCUT2D eigenvalue weighted by molar-refractivity contribution is 5.93. The van der Waals surface area contributed by atoms with Crippen LogP contribution >= 0.6 is 0 Å². The molecule has 21 heavy (non-hydrogen) atoms. The molecule has 116 valence electrons. The average Bonchev–Trinajstić information content (AvgIpc) is 2.39. The van der Waals surface area contributed by atoms with E-state index in [1.54, 1.807) is 32.6 Å². The van der Waals surface area contributed by atoms with Crippen LogP contribution in [0.5, 0.6) is 0 Å². The van der Waals surface area contributed by atoms with Gasteiger partial charge in [-0.1, -0.05) is 18.2 Å². The number of hydrogen-bond acceptors (Lipinski definition) is 2. The predicted molar refractivity (Wildman–Crippen MR) is 83.5 cm³/mol. The number of para-hydroxylation sites is 1. The van der Waals surface area contributed by atoms with E-state index >= 15 is 0 Å². The highest BCUT2D eigenvalue weighted by atomic mass is 16.4. The molecule has 5 nitrogen and oxygen atoms in total. The molecule has 2 amide bonds. The normalized spacial score (nSPS) is 11.9. The van der Waals surface area contributed by atoms with Gasteiger partial charge < -0.3 is 10.4 Å². The van der Waals surface area contributed by atoms with Gasteiger partial charge in [0.2, 0.25) is 0 Å². The summed E-state index contributed by atoms with van der Waals surface area (Å²) in [4.78, 5) is 25.5. The van der Waals surface area contributed by atoms with Crippen molar-refractivity contribution in [2.75, 3.05) is 11.4 Å². The Morgan fingerprint density at radius 3 is 2.10 bits per heavy atom. The van der Waals surface area contributed by atoms with E-state index in [1.807, 2.05) is 37.3 Å². The van der Waals surface area contributed by atoms with Gasteiger partial charge in [0, 0.05) is 12.2 Å². The number of carboxylic acid groups (broad SMARTS) is 1. The first kappa shape index (κ1) is 17.0. The molecule has 0 atom stereocenters. The van der Waals surface area contributed by atoms with E-state index in [0.717, 1.165) is 5.69 Å². The topological polar surface area (TPSA) is 69.6 Å². The Balaban J connectivity index is 2.96. The molecule has 2 N–H and O–H groups in total. The van der Waals surface area contributed by atoms with E-state index in [1.165, 1.54) is 0 Å². The zero-order valence-electron chi connectivity index (χ0n) is 13.3. The molecule has 0 aromatic heterocycles. The quantitative estimate of drug-likeness (QED) is 0.876. The number of benzene rings is 1. The molecule has 0 aliphatic heterocycles. The number of hydrogen-bond donors (Lipinski definition) is 2. The van der Waals surface area contributed by atoms with Crippen molar-refractivity contribution in [2.24, 2.45) is 5.41 Å². The van der Waals surface area contributed by atoms with Gasteiger partial charge in [-0.15, -0.1) is 0 Å². The van der Waals surface area contributed by atoms with Crippen LogP contribution in [0.15, 0.2) is 30.3 Å². The second-order valence-corrected chi connectivity index (χ2v) is 6.07. The van der Waals surface area contributed by atoms with Crippen LogP contribution in [0.3, 0.4) is 0 Å². The van der Waals surface area contributed by atoms with Crippen molar-refractivity contribution in [3.63, 3.8) is 0 Å². The molecule has 0 fully saturated rings. The van der Waals surface area contributed by atoms with E-state index in [0.29, 0.717) is 6.54 Å². The van der Waals surface area contributed by atoms with Crippen molar-refractivity contribution >= 4 is 17.7 Å².